The highest BCUT2D eigenvalue weighted by Gasteiger charge is 2.51. The lowest BCUT2D eigenvalue weighted by atomic mass is 9.75. The molecule has 2 bridgehead atoms. The second kappa shape index (κ2) is 20.4. The molecular weight excluding hydrogens is 704 g/mol. The maximum absolute atomic E-state index is 13.5. The Morgan fingerprint density at radius 3 is 2.13 bits per heavy atom. The lowest BCUT2D eigenvalue weighted by Gasteiger charge is -2.52. The van der Waals surface area contributed by atoms with Gasteiger partial charge in [0.1, 0.15) is 17.5 Å². The number of aliphatic hydroxyl groups excluding tert-OH is 4. The van der Waals surface area contributed by atoms with E-state index in [9.17, 15) is 39.9 Å². The molecule has 0 aliphatic carbocycles. The topological polar surface area (TPSA) is 180 Å². The molecule has 3 aliphatic heterocycles. The van der Waals surface area contributed by atoms with E-state index >= 15 is 0 Å². The SMILES string of the molecule is CC[C@H]1/C=C/C=C/C[C@@H](C)[C@H](O)[C@@](C)(O)C(=O)[C@@H](C)[C@H](O)[C@@H](C)C(=O)[C@@H](C)[C@H](O)[C@@H](C)/C=C/C(=O)O[C@H]2C[C@@]3(CC[C@H](C)[C@H](C[C@@H](C)O)O3)O[C@@H](CC1)[C@H]2C. The van der Waals surface area contributed by atoms with Gasteiger partial charge >= 0.3 is 5.97 Å². The van der Waals surface area contributed by atoms with Gasteiger partial charge in [0.25, 0.3) is 0 Å². The first-order valence-electron chi connectivity index (χ1n) is 20.8. The van der Waals surface area contributed by atoms with Gasteiger partial charge in [0, 0.05) is 48.5 Å². The number of esters is 1. The van der Waals surface area contributed by atoms with E-state index in [2.05, 4.69) is 19.9 Å². The molecule has 0 saturated carbocycles. The minimum absolute atomic E-state index is 0.144. The highest BCUT2D eigenvalue weighted by molar-refractivity contribution is 5.91. The van der Waals surface area contributed by atoms with E-state index in [4.69, 9.17) is 14.2 Å². The van der Waals surface area contributed by atoms with E-state index in [-0.39, 0.29) is 30.0 Å². The summed E-state index contributed by atoms with van der Waals surface area (Å²) in [6.45, 7) is 17.1. The molecule has 314 valence electrons. The van der Waals surface area contributed by atoms with Crippen LogP contribution in [0, 0.1) is 47.3 Å². The molecule has 3 rings (SSSR count). The summed E-state index contributed by atoms with van der Waals surface area (Å²) in [5.41, 5.74) is -2.18. The molecule has 0 radical (unpaired) electrons. The number of aliphatic hydroxyl groups is 5. The maximum atomic E-state index is 13.5. The van der Waals surface area contributed by atoms with Gasteiger partial charge in [0.15, 0.2) is 11.6 Å². The molecule has 3 heterocycles. The predicted octanol–water partition coefficient (Wildman–Crippen LogP) is 5.64. The van der Waals surface area contributed by atoms with Crippen LogP contribution in [-0.2, 0) is 28.6 Å². The summed E-state index contributed by atoms with van der Waals surface area (Å²) in [5.74, 6) is -6.86. The fraction of sp³-hybridized carbons (Fsp3) is 0.795. The molecule has 0 aromatic rings. The molecule has 17 atom stereocenters. The van der Waals surface area contributed by atoms with Gasteiger partial charge in [-0.1, -0.05) is 85.8 Å². The van der Waals surface area contributed by atoms with Gasteiger partial charge in [-0.3, -0.25) is 9.59 Å². The van der Waals surface area contributed by atoms with E-state index < -0.39 is 89.0 Å². The molecule has 0 amide bonds. The smallest absolute Gasteiger partial charge is 0.330 e. The molecule has 3 aliphatic rings. The Hall–Kier alpha value is -2.25. The van der Waals surface area contributed by atoms with Crippen LogP contribution in [0.1, 0.15) is 121 Å². The molecule has 11 heteroatoms. The molecule has 55 heavy (non-hydrogen) atoms. The van der Waals surface area contributed by atoms with Crippen molar-refractivity contribution in [2.24, 2.45) is 47.3 Å². The Morgan fingerprint density at radius 1 is 0.836 bits per heavy atom. The molecule has 5 N–H and O–H groups in total. The molecule has 1 spiro atoms. The average Bonchev–Trinajstić information content (AvgIpc) is 3.14. The number of allylic oxidation sites excluding steroid dienone is 4. The van der Waals surface area contributed by atoms with E-state index in [0.29, 0.717) is 32.1 Å². The summed E-state index contributed by atoms with van der Waals surface area (Å²) in [6, 6.07) is 0. The van der Waals surface area contributed by atoms with E-state index in [1.165, 1.54) is 39.8 Å². The Labute approximate surface area is 329 Å². The van der Waals surface area contributed by atoms with Crippen molar-refractivity contribution in [1.82, 2.24) is 0 Å². The van der Waals surface area contributed by atoms with Gasteiger partial charge in [-0.15, -0.1) is 0 Å². The predicted molar refractivity (Wildman–Crippen MR) is 210 cm³/mol. The van der Waals surface area contributed by atoms with Gasteiger partial charge in [0.2, 0.25) is 0 Å². The number of fused-ring (bicyclic) bond motifs is 2. The third kappa shape index (κ3) is 12.1. The Balaban J connectivity index is 1.95. The number of Topliss-reactive ketones (excluding diaryl/α,β-unsaturated/α-hetero) is 2. The van der Waals surface area contributed by atoms with Crippen LogP contribution >= 0.6 is 0 Å². The zero-order chi connectivity index (χ0) is 41.4. The summed E-state index contributed by atoms with van der Waals surface area (Å²) < 4.78 is 19.7. The van der Waals surface area contributed by atoms with Crippen molar-refractivity contribution in [3.63, 3.8) is 0 Å². The lowest BCUT2D eigenvalue weighted by Crippen LogP contribution is -2.57. The standard InChI is InChI=1S/C44H72O11/c1-11-33-16-14-12-13-15-27(4)41(50)43(10,52)42(51)32(9)40(49)31(8)39(48)30(7)38(47)26(3)17-20-37(46)53-36-24-44(54-34(19-18-33)29(36)6)22-21-25(2)35(55-44)23-28(5)45/h12-14,16-17,20,25-36,38,40-41,45,47,49-50,52H,11,15,18-19,21-24H2,1-10H3/b13-12+,16-14+,20-17+/t25-,26-,27+,28+,29+,30-,31-,32-,33-,34-,35-,36-,38+,40+,41-,43+,44-/m0/s1. The zero-order valence-electron chi connectivity index (χ0n) is 35.0. The maximum Gasteiger partial charge on any atom is 0.330 e. The summed E-state index contributed by atoms with van der Waals surface area (Å²) in [6.07, 6.45) is 10.1. The first-order chi connectivity index (χ1) is 25.6. The Morgan fingerprint density at radius 2 is 1.49 bits per heavy atom. The van der Waals surface area contributed by atoms with Crippen molar-refractivity contribution in [1.29, 1.82) is 0 Å². The van der Waals surface area contributed by atoms with Gasteiger partial charge in [-0.2, -0.15) is 0 Å². The van der Waals surface area contributed by atoms with E-state index in [1.54, 1.807) is 20.8 Å². The fourth-order valence-electron chi connectivity index (χ4n) is 8.60. The molecule has 0 aromatic carbocycles. The summed E-state index contributed by atoms with van der Waals surface area (Å²) in [7, 11) is 0. The van der Waals surface area contributed by atoms with Crippen LogP contribution in [0.15, 0.2) is 36.5 Å². The quantitative estimate of drug-likeness (QED) is 0.224. The highest BCUT2D eigenvalue weighted by Crippen LogP contribution is 2.46. The van der Waals surface area contributed by atoms with Gasteiger partial charge in [-0.05, 0) is 70.1 Å². The molecule has 0 unspecified atom stereocenters. The van der Waals surface area contributed by atoms with Crippen LogP contribution in [0.25, 0.3) is 0 Å². The number of hydrogen-bond acceptors (Lipinski definition) is 11. The number of rotatable bonds is 3. The van der Waals surface area contributed by atoms with Crippen molar-refractivity contribution >= 4 is 17.5 Å². The molecule has 0 aromatic heterocycles. The molecule has 11 nitrogen and oxygen atoms in total. The first kappa shape index (κ1) is 47.1. The summed E-state index contributed by atoms with van der Waals surface area (Å²) in [5, 5.41) is 54.9. The largest absolute Gasteiger partial charge is 0.459 e. The lowest BCUT2D eigenvalue weighted by molar-refractivity contribution is -0.347. The van der Waals surface area contributed by atoms with Crippen LogP contribution in [0.4, 0.5) is 0 Å². The fourth-order valence-corrected chi connectivity index (χ4v) is 8.60. The number of ketones is 2. The number of carbonyl (C=O) groups is 3. The molecule has 2 fully saturated rings. The second-order valence-electron chi connectivity index (χ2n) is 17.6. The van der Waals surface area contributed by atoms with Crippen molar-refractivity contribution in [3.05, 3.63) is 36.5 Å². The third-order valence-electron chi connectivity index (χ3n) is 12.9. The zero-order valence-corrected chi connectivity index (χ0v) is 35.0. The monoisotopic (exact) mass is 777 g/mol. The van der Waals surface area contributed by atoms with Crippen LogP contribution in [0.5, 0.6) is 0 Å². The van der Waals surface area contributed by atoms with Crippen LogP contribution in [-0.4, -0.2) is 97.2 Å². The summed E-state index contributed by atoms with van der Waals surface area (Å²) in [4.78, 5) is 40.3. The third-order valence-corrected chi connectivity index (χ3v) is 12.9. The van der Waals surface area contributed by atoms with Crippen molar-refractivity contribution in [2.45, 2.75) is 175 Å². The van der Waals surface area contributed by atoms with E-state index in [0.717, 1.165) is 19.3 Å². The highest BCUT2D eigenvalue weighted by atomic mass is 16.7. The number of carbonyl (C=O) groups excluding carboxylic acids is 3. The van der Waals surface area contributed by atoms with Crippen molar-refractivity contribution in [2.75, 3.05) is 0 Å². The Bertz CT molecular complexity index is 1350. The van der Waals surface area contributed by atoms with Gasteiger partial charge in [0.05, 0.1) is 36.6 Å². The van der Waals surface area contributed by atoms with Gasteiger partial charge < -0.3 is 39.7 Å². The van der Waals surface area contributed by atoms with Crippen LogP contribution in [0.2, 0.25) is 0 Å². The molecular formula is C44H72O11. The first-order valence-corrected chi connectivity index (χ1v) is 20.8. The van der Waals surface area contributed by atoms with Crippen molar-refractivity contribution in [3.8, 4) is 0 Å². The normalized spacial score (nSPS) is 46.1. The van der Waals surface area contributed by atoms with E-state index in [1.807, 2.05) is 25.2 Å². The minimum Gasteiger partial charge on any atom is -0.459 e. The number of hydrogen-bond donors (Lipinski definition) is 5. The number of ether oxygens (including phenoxy) is 3. The average molecular weight is 777 g/mol. The molecule has 2 saturated heterocycles. The Kier molecular flexibility index (Phi) is 17.5. The van der Waals surface area contributed by atoms with Crippen LogP contribution in [0.3, 0.4) is 0 Å². The van der Waals surface area contributed by atoms with Crippen molar-refractivity contribution < 1.29 is 54.1 Å². The van der Waals surface area contributed by atoms with Gasteiger partial charge in [-0.25, -0.2) is 4.79 Å². The summed E-state index contributed by atoms with van der Waals surface area (Å²) >= 11 is 0. The van der Waals surface area contributed by atoms with Crippen LogP contribution < -0.4 is 0 Å². The second-order valence-corrected chi connectivity index (χ2v) is 17.6. The minimum atomic E-state index is -2.18.